The van der Waals surface area contributed by atoms with Gasteiger partial charge in [0.2, 0.25) is 0 Å². The summed E-state index contributed by atoms with van der Waals surface area (Å²) < 4.78 is 14.4. The zero-order chi connectivity index (χ0) is 30.6. The second-order valence-corrected chi connectivity index (χ2v) is 12.7. The Balaban J connectivity index is 0.000000302. The maximum Gasteiger partial charge on any atom is 0.336 e. The molecule has 0 saturated carbocycles. The van der Waals surface area contributed by atoms with Crippen molar-refractivity contribution < 1.29 is 44.3 Å². The smallest absolute Gasteiger partial charge is 0.336 e. The summed E-state index contributed by atoms with van der Waals surface area (Å²) in [6.07, 6.45) is 1.24. The Hall–Kier alpha value is -2.64. The van der Waals surface area contributed by atoms with E-state index in [1.54, 1.807) is 12.1 Å². The molecule has 3 aliphatic rings. The number of hydrogen-bond acceptors (Lipinski definition) is 8. The van der Waals surface area contributed by atoms with Gasteiger partial charge in [-0.15, -0.1) is 0 Å². The van der Waals surface area contributed by atoms with Crippen molar-refractivity contribution in [3.8, 4) is 0 Å². The van der Waals surface area contributed by atoms with E-state index in [2.05, 4.69) is 35.6 Å². The van der Waals surface area contributed by atoms with Crippen LogP contribution >= 0.6 is 0 Å². The number of halogens is 1. The van der Waals surface area contributed by atoms with Crippen LogP contribution in [0.4, 0.5) is 4.39 Å². The standard InChI is InChI=1S/C23H36FN3O.C6H8O7/c1-22(2,16-26-12-10-25(3)11-13-26)17-27-18-8-9-19(27)15-23(28,14-18)20-6-4-5-7-21(20)24;7-3(8)1-6(13,5(11)12)2-4(9)10/h4-7,18-19,28H,8-17H2,1-3H3;13H,1-2H2,(H,7,8)(H,9,10)(H,11,12). The van der Waals surface area contributed by atoms with Crippen molar-refractivity contribution >= 4 is 17.9 Å². The van der Waals surface area contributed by atoms with E-state index in [0.717, 1.165) is 52.1 Å². The van der Waals surface area contributed by atoms with Crippen LogP contribution < -0.4 is 0 Å². The van der Waals surface area contributed by atoms with Gasteiger partial charge in [-0.05, 0) is 44.2 Å². The fourth-order valence-electron chi connectivity index (χ4n) is 6.50. The Morgan fingerprint density at radius 3 is 1.90 bits per heavy atom. The van der Waals surface area contributed by atoms with Gasteiger partial charge in [0.15, 0.2) is 5.60 Å². The minimum Gasteiger partial charge on any atom is -0.481 e. The molecule has 1 aromatic carbocycles. The van der Waals surface area contributed by atoms with E-state index in [1.807, 2.05) is 6.07 Å². The molecule has 0 aliphatic carbocycles. The van der Waals surface area contributed by atoms with Gasteiger partial charge in [0.25, 0.3) is 0 Å². The lowest BCUT2D eigenvalue weighted by molar-refractivity contribution is -0.170. The van der Waals surface area contributed by atoms with Crippen LogP contribution in [0.3, 0.4) is 0 Å². The van der Waals surface area contributed by atoms with Gasteiger partial charge in [0.05, 0.1) is 18.4 Å². The molecule has 11 nitrogen and oxygen atoms in total. The van der Waals surface area contributed by atoms with Crippen molar-refractivity contribution in [1.29, 1.82) is 0 Å². The molecule has 41 heavy (non-hydrogen) atoms. The summed E-state index contributed by atoms with van der Waals surface area (Å²) in [4.78, 5) is 38.1. The fourth-order valence-corrected chi connectivity index (χ4v) is 6.50. The maximum absolute atomic E-state index is 14.4. The third-order valence-corrected chi connectivity index (χ3v) is 8.44. The van der Waals surface area contributed by atoms with Gasteiger partial charge in [-0.25, -0.2) is 9.18 Å². The highest BCUT2D eigenvalue weighted by atomic mass is 19.1. The zero-order valence-corrected chi connectivity index (χ0v) is 24.1. The Morgan fingerprint density at radius 2 is 1.44 bits per heavy atom. The van der Waals surface area contributed by atoms with Gasteiger partial charge in [-0.2, -0.15) is 0 Å². The molecule has 2 atom stereocenters. The Labute approximate surface area is 240 Å². The molecule has 0 amide bonds. The molecule has 2 unspecified atom stereocenters. The second kappa shape index (κ2) is 13.1. The van der Waals surface area contributed by atoms with Crippen molar-refractivity contribution in [2.75, 3.05) is 46.3 Å². The van der Waals surface area contributed by atoms with Crippen molar-refractivity contribution in [2.45, 2.75) is 75.7 Å². The predicted octanol–water partition coefficient (Wildman–Crippen LogP) is 1.67. The van der Waals surface area contributed by atoms with Crippen LogP contribution in [-0.4, -0.2) is 122 Å². The predicted molar refractivity (Wildman–Crippen MR) is 148 cm³/mol. The number of rotatable bonds is 10. The molecule has 3 saturated heterocycles. The number of nitrogens with zero attached hydrogens (tertiary/aromatic N) is 3. The summed E-state index contributed by atoms with van der Waals surface area (Å²) in [5.41, 5.74) is -3.06. The summed E-state index contributed by atoms with van der Waals surface area (Å²) in [5.74, 6) is -5.29. The molecule has 230 valence electrons. The zero-order valence-electron chi connectivity index (χ0n) is 24.1. The normalized spacial score (nSPS) is 25.8. The van der Waals surface area contributed by atoms with Crippen LogP contribution in [0, 0.1) is 11.2 Å². The van der Waals surface area contributed by atoms with Gasteiger partial charge in [-0.1, -0.05) is 32.0 Å². The summed E-state index contributed by atoms with van der Waals surface area (Å²) in [6, 6.07) is 7.49. The lowest BCUT2D eigenvalue weighted by atomic mass is 9.79. The van der Waals surface area contributed by atoms with E-state index in [4.69, 9.17) is 20.4 Å². The number of aliphatic carboxylic acids is 3. The monoisotopic (exact) mass is 581 g/mol. The topological polar surface area (TPSA) is 162 Å². The summed E-state index contributed by atoms with van der Waals surface area (Å²) in [5, 5.41) is 45.1. The summed E-state index contributed by atoms with van der Waals surface area (Å²) in [7, 11) is 2.20. The Bertz CT molecular complexity index is 1060. The van der Waals surface area contributed by atoms with Crippen molar-refractivity contribution in [3.63, 3.8) is 0 Å². The molecule has 0 aromatic heterocycles. The van der Waals surface area contributed by atoms with Gasteiger partial charge in [0, 0.05) is 56.9 Å². The number of carboxylic acids is 3. The first-order valence-electron chi connectivity index (χ1n) is 14.1. The molecule has 5 N–H and O–H groups in total. The molecular weight excluding hydrogens is 537 g/mol. The number of carboxylic acid groups (broad SMARTS) is 3. The Kier molecular flexibility index (Phi) is 10.5. The number of benzene rings is 1. The van der Waals surface area contributed by atoms with E-state index in [9.17, 15) is 23.9 Å². The fraction of sp³-hybridized carbons (Fsp3) is 0.690. The van der Waals surface area contributed by atoms with Crippen LogP contribution in [0.5, 0.6) is 0 Å². The summed E-state index contributed by atoms with van der Waals surface area (Å²) >= 11 is 0. The van der Waals surface area contributed by atoms with E-state index < -0.39 is 42.0 Å². The Morgan fingerprint density at radius 1 is 0.927 bits per heavy atom. The average Bonchev–Trinajstić information content (AvgIpc) is 3.08. The van der Waals surface area contributed by atoms with Crippen molar-refractivity contribution in [1.82, 2.24) is 14.7 Å². The number of carbonyl (C=O) groups is 3. The van der Waals surface area contributed by atoms with Gasteiger partial charge < -0.3 is 35.3 Å². The van der Waals surface area contributed by atoms with E-state index >= 15 is 0 Å². The molecule has 4 rings (SSSR count). The number of hydrogen-bond donors (Lipinski definition) is 5. The van der Waals surface area contributed by atoms with Gasteiger partial charge in [0.1, 0.15) is 5.82 Å². The second-order valence-electron chi connectivity index (χ2n) is 12.7. The molecule has 3 heterocycles. The van der Waals surface area contributed by atoms with E-state index in [-0.39, 0.29) is 11.2 Å². The first-order chi connectivity index (χ1) is 19.0. The van der Waals surface area contributed by atoms with Crippen molar-refractivity contribution in [2.24, 2.45) is 5.41 Å². The van der Waals surface area contributed by atoms with Crippen LogP contribution in [0.25, 0.3) is 0 Å². The molecular formula is C29H44FN3O8. The number of piperidine rings is 1. The molecule has 2 bridgehead atoms. The van der Waals surface area contributed by atoms with E-state index in [1.165, 1.54) is 6.07 Å². The largest absolute Gasteiger partial charge is 0.481 e. The van der Waals surface area contributed by atoms with Crippen LogP contribution in [0.15, 0.2) is 24.3 Å². The SMILES string of the molecule is CN1CCN(CC(C)(C)CN2C3CCC2CC(O)(c2ccccc2F)C3)CC1.O=C(O)CC(O)(CC(=O)O)C(=O)O. The third kappa shape index (κ3) is 8.68. The first kappa shape index (κ1) is 32.9. The molecule has 1 aromatic rings. The molecule has 3 fully saturated rings. The first-order valence-corrected chi connectivity index (χ1v) is 14.1. The average molecular weight is 582 g/mol. The molecule has 12 heteroatoms. The number of aliphatic hydroxyl groups is 2. The van der Waals surface area contributed by atoms with Crippen molar-refractivity contribution in [3.05, 3.63) is 35.6 Å². The molecule has 3 aliphatic heterocycles. The lowest BCUT2D eigenvalue weighted by Crippen LogP contribution is -2.55. The van der Waals surface area contributed by atoms with Crippen LogP contribution in [0.2, 0.25) is 0 Å². The quantitative estimate of drug-likeness (QED) is 0.273. The minimum atomic E-state index is -2.74. The number of likely N-dealkylation sites (N-methyl/N-ethyl adjacent to an activating group) is 1. The molecule has 0 spiro atoms. The number of fused-ring (bicyclic) bond motifs is 2. The highest BCUT2D eigenvalue weighted by Crippen LogP contribution is 2.47. The van der Waals surface area contributed by atoms with Crippen LogP contribution in [0.1, 0.15) is 57.9 Å². The summed E-state index contributed by atoms with van der Waals surface area (Å²) in [6.45, 7) is 11.5. The highest BCUT2D eigenvalue weighted by Gasteiger charge is 2.50. The minimum absolute atomic E-state index is 0.213. The molecule has 0 radical (unpaired) electrons. The lowest BCUT2D eigenvalue weighted by Gasteiger charge is -2.47. The number of piperazine rings is 1. The third-order valence-electron chi connectivity index (χ3n) is 8.44. The van der Waals surface area contributed by atoms with Crippen LogP contribution in [-0.2, 0) is 20.0 Å². The van der Waals surface area contributed by atoms with E-state index in [0.29, 0.717) is 30.5 Å². The van der Waals surface area contributed by atoms with Gasteiger partial charge >= 0.3 is 17.9 Å². The highest BCUT2D eigenvalue weighted by molar-refractivity contribution is 5.88. The van der Waals surface area contributed by atoms with Gasteiger partial charge in [-0.3, -0.25) is 14.5 Å². The maximum atomic E-state index is 14.4.